The van der Waals surface area contributed by atoms with Crippen molar-refractivity contribution in [3.05, 3.63) is 75.4 Å². The van der Waals surface area contributed by atoms with E-state index >= 15 is 0 Å². The van der Waals surface area contributed by atoms with Gasteiger partial charge >= 0.3 is 6.36 Å². The molecule has 1 saturated heterocycles. The monoisotopic (exact) mass is 541 g/mol. The molecule has 11 heteroatoms. The van der Waals surface area contributed by atoms with Gasteiger partial charge in [0.15, 0.2) is 0 Å². The van der Waals surface area contributed by atoms with Crippen LogP contribution in [0.3, 0.4) is 0 Å². The lowest BCUT2D eigenvalue weighted by atomic mass is 9.93. The molecule has 0 radical (unpaired) electrons. The number of piperidine rings is 1. The van der Waals surface area contributed by atoms with E-state index < -0.39 is 11.9 Å². The minimum absolute atomic E-state index is 0.0837. The first-order chi connectivity index (χ1) is 17.5. The van der Waals surface area contributed by atoms with Crippen molar-refractivity contribution >= 4 is 11.6 Å². The number of hydrogen-bond donors (Lipinski definition) is 0. The lowest BCUT2D eigenvalue weighted by Gasteiger charge is -2.36. The Balaban J connectivity index is 1.38. The molecule has 1 aromatic heterocycles. The molecule has 0 N–H and O–H groups in total. The van der Waals surface area contributed by atoms with E-state index in [1.54, 1.807) is 23.9 Å². The van der Waals surface area contributed by atoms with Crippen molar-refractivity contribution < 1.29 is 27.0 Å². The summed E-state index contributed by atoms with van der Waals surface area (Å²) in [6.45, 7) is 4.19. The molecule has 2 heterocycles. The lowest BCUT2D eigenvalue weighted by Crippen LogP contribution is -2.37. The van der Waals surface area contributed by atoms with E-state index in [-0.39, 0.29) is 22.6 Å². The van der Waals surface area contributed by atoms with Crippen LogP contribution in [0.25, 0.3) is 5.69 Å². The maximum atomic E-state index is 13.0. The summed E-state index contributed by atoms with van der Waals surface area (Å²) in [4.78, 5) is 15.2. The average Bonchev–Trinajstić information content (AvgIpc) is 3.08. The van der Waals surface area contributed by atoms with Gasteiger partial charge < -0.3 is 9.47 Å². The molecule has 0 spiro atoms. The summed E-state index contributed by atoms with van der Waals surface area (Å²) in [5, 5.41) is 0.0837. The Morgan fingerprint density at radius 2 is 1.62 bits per heavy atom. The highest BCUT2D eigenvalue weighted by atomic mass is 35.5. The number of aromatic nitrogens is 2. The third-order valence-corrected chi connectivity index (χ3v) is 7.12. The molecule has 0 saturated carbocycles. The van der Waals surface area contributed by atoms with E-state index in [9.17, 15) is 22.4 Å². The minimum Gasteiger partial charge on any atom is -0.494 e. The van der Waals surface area contributed by atoms with Gasteiger partial charge in [0, 0.05) is 7.05 Å². The normalized spacial score (nSPS) is 16.1. The van der Waals surface area contributed by atoms with Gasteiger partial charge in [-0.3, -0.25) is 14.4 Å². The van der Waals surface area contributed by atoms with Gasteiger partial charge in [-0.2, -0.15) is 0 Å². The van der Waals surface area contributed by atoms with Gasteiger partial charge in [0.25, 0.3) is 5.56 Å². The Labute approximate surface area is 216 Å². The number of alkyl halides is 3. The molecule has 4 rings (SSSR count). The molecule has 1 atom stereocenters. The first-order valence-corrected chi connectivity index (χ1v) is 12.4. The fraction of sp³-hybridized carbons (Fsp3) is 0.423. The quantitative estimate of drug-likeness (QED) is 0.323. The molecule has 0 amide bonds. The van der Waals surface area contributed by atoms with Crippen LogP contribution >= 0.6 is 11.6 Å². The number of likely N-dealkylation sites (tertiary alicyclic amines) is 1. The number of hydrogen-bond acceptors (Lipinski definition) is 4. The number of nitrogens with zero attached hydrogens (tertiary/aromatic N) is 3. The van der Waals surface area contributed by atoms with E-state index in [1.165, 1.54) is 28.9 Å². The van der Waals surface area contributed by atoms with Crippen molar-refractivity contribution in [1.82, 2.24) is 14.3 Å². The van der Waals surface area contributed by atoms with Crippen LogP contribution in [-0.4, -0.2) is 40.3 Å². The third kappa shape index (κ3) is 6.48. The van der Waals surface area contributed by atoms with E-state index in [2.05, 4.69) is 9.64 Å². The highest BCUT2D eigenvalue weighted by Gasteiger charge is 2.32. The van der Waals surface area contributed by atoms with E-state index in [1.807, 2.05) is 6.92 Å². The van der Waals surface area contributed by atoms with Gasteiger partial charge in [0.1, 0.15) is 22.3 Å². The number of benzene rings is 2. The van der Waals surface area contributed by atoms with Gasteiger partial charge in [-0.1, -0.05) is 11.6 Å². The fourth-order valence-electron chi connectivity index (χ4n) is 4.80. The summed E-state index contributed by atoms with van der Waals surface area (Å²) in [7, 11) is 1.71. The molecular weight excluding hydrogens is 514 g/mol. The highest BCUT2D eigenvalue weighted by molar-refractivity contribution is 6.31. The molecule has 1 fully saturated rings. The van der Waals surface area contributed by atoms with Gasteiger partial charge in [0.2, 0.25) is 0 Å². The zero-order valence-corrected chi connectivity index (χ0v) is 21.2. The van der Waals surface area contributed by atoms with Crippen LogP contribution in [0, 0.1) is 11.7 Å². The predicted octanol–water partition coefficient (Wildman–Crippen LogP) is 6.11. The van der Waals surface area contributed by atoms with Crippen LogP contribution in [0.2, 0.25) is 5.02 Å². The van der Waals surface area contributed by atoms with Crippen molar-refractivity contribution in [2.75, 3.05) is 19.7 Å². The van der Waals surface area contributed by atoms with E-state index in [0.29, 0.717) is 29.7 Å². The summed E-state index contributed by atoms with van der Waals surface area (Å²) in [5.41, 5.74) is 0.575. The fourth-order valence-corrected chi connectivity index (χ4v) is 5.16. The summed E-state index contributed by atoms with van der Waals surface area (Å²) < 4.78 is 63.0. The Morgan fingerprint density at radius 3 is 2.22 bits per heavy atom. The predicted molar refractivity (Wildman–Crippen MR) is 132 cm³/mol. The smallest absolute Gasteiger partial charge is 0.494 e. The summed E-state index contributed by atoms with van der Waals surface area (Å²) in [6.07, 6.45) is -1.98. The Morgan fingerprint density at radius 1 is 1.03 bits per heavy atom. The molecule has 2 aromatic carbocycles. The Kier molecular flexibility index (Phi) is 8.18. The third-order valence-electron chi connectivity index (χ3n) is 6.77. The van der Waals surface area contributed by atoms with Crippen molar-refractivity contribution in [2.45, 2.75) is 38.6 Å². The summed E-state index contributed by atoms with van der Waals surface area (Å²) in [6, 6.07) is 10.9. The minimum atomic E-state index is -4.79. The second kappa shape index (κ2) is 11.2. The second-order valence-corrected chi connectivity index (χ2v) is 9.51. The number of ether oxygens (including phenoxy) is 2. The zero-order valence-electron chi connectivity index (χ0n) is 20.5. The largest absolute Gasteiger partial charge is 0.573 e. The van der Waals surface area contributed by atoms with Crippen molar-refractivity contribution in [1.29, 1.82) is 0 Å². The molecular formula is C26H28ClF4N3O3. The number of rotatable bonds is 8. The number of halogens is 5. The van der Waals surface area contributed by atoms with Gasteiger partial charge in [-0.15, -0.1) is 13.2 Å². The molecule has 1 aliphatic rings. The van der Waals surface area contributed by atoms with Crippen LogP contribution in [-0.2, 0) is 7.05 Å². The molecule has 3 aromatic rings. The zero-order chi connectivity index (χ0) is 26.7. The van der Waals surface area contributed by atoms with Gasteiger partial charge in [0.05, 0.1) is 24.0 Å². The van der Waals surface area contributed by atoms with Crippen LogP contribution in [0.4, 0.5) is 17.6 Å². The van der Waals surface area contributed by atoms with Crippen LogP contribution in [0.5, 0.6) is 11.5 Å². The van der Waals surface area contributed by atoms with Crippen LogP contribution in [0.15, 0.2) is 53.3 Å². The molecule has 0 aliphatic carbocycles. The highest BCUT2D eigenvalue weighted by Crippen LogP contribution is 2.31. The van der Waals surface area contributed by atoms with Crippen LogP contribution in [0.1, 0.15) is 37.9 Å². The SMILES string of the molecule is CC(c1c(Cl)c(=O)n(-c2ccc(OC(F)(F)F)cc2)n1C)N1CCC(CCOc2ccc(F)cc2)CC1. The summed E-state index contributed by atoms with van der Waals surface area (Å²) in [5.74, 6) is 0.472. The maximum Gasteiger partial charge on any atom is 0.573 e. The Bertz CT molecular complexity index is 1250. The Hall–Kier alpha value is -2.98. The first kappa shape index (κ1) is 27.1. The van der Waals surface area contributed by atoms with Crippen molar-refractivity contribution in [3.63, 3.8) is 0 Å². The lowest BCUT2D eigenvalue weighted by molar-refractivity contribution is -0.274. The topological polar surface area (TPSA) is 48.6 Å². The molecule has 37 heavy (non-hydrogen) atoms. The standard InChI is InChI=1S/C26H28ClF4N3O3/c1-17(33-14-11-18(12-15-33)13-16-36-21-7-3-19(28)4-8-21)24-23(27)25(35)34(32(24)2)20-5-9-22(10-6-20)37-26(29,30)31/h3-10,17-18H,11-16H2,1-2H3. The molecule has 1 aliphatic heterocycles. The van der Waals surface area contributed by atoms with Crippen molar-refractivity contribution in [2.24, 2.45) is 13.0 Å². The molecule has 200 valence electrons. The second-order valence-electron chi connectivity index (χ2n) is 9.13. The first-order valence-electron chi connectivity index (χ1n) is 12.0. The molecule has 6 nitrogen and oxygen atoms in total. The van der Waals surface area contributed by atoms with Crippen molar-refractivity contribution in [3.8, 4) is 17.2 Å². The van der Waals surface area contributed by atoms with E-state index in [4.69, 9.17) is 16.3 Å². The summed E-state index contributed by atoms with van der Waals surface area (Å²) >= 11 is 6.47. The molecule has 1 unspecified atom stereocenters. The molecule has 0 bridgehead atoms. The maximum absolute atomic E-state index is 13.0. The van der Waals surface area contributed by atoms with E-state index in [0.717, 1.165) is 44.5 Å². The van der Waals surface area contributed by atoms with Gasteiger partial charge in [-0.05, 0) is 93.7 Å². The van der Waals surface area contributed by atoms with Gasteiger partial charge in [-0.25, -0.2) is 9.07 Å². The van der Waals surface area contributed by atoms with Crippen LogP contribution < -0.4 is 15.0 Å². The average molecular weight is 542 g/mol.